The number of halogens is 1. The summed E-state index contributed by atoms with van der Waals surface area (Å²) in [5.74, 6) is 0.407. The zero-order valence-electron chi connectivity index (χ0n) is 16.2. The van der Waals surface area contributed by atoms with Gasteiger partial charge >= 0.3 is 0 Å². The molecule has 29 heavy (non-hydrogen) atoms. The van der Waals surface area contributed by atoms with E-state index in [-0.39, 0.29) is 17.0 Å². The first kappa shape index (κ1) is 20.8. The third-order valence-corrected chi connectivity index (χ3v) is 5.42. The van der Waals surface area contributed by atoms with Gasteiger partial charge in [-0.25, -0.2) is 4.39 Å². The van der Waals surface area contributed by atoms with E-state index in [0.29, 0.717) is 24.7 Å². The van der Waals surface area contributed by atoms with Crippen LogP contribution in [0.25, 0.3) is 11.4 Å². The molecule has 0 aliphatic heterocycles. The minimum absolute atomic E-state index is 0.0773. The van der Waals surface area contributed by atoms with Gasteiger partial charge in [-0.2, -0.15) is 0 Å². The van der Waals surface area contributed by atoms with Gasteiger partial charge in [0.25, 0.3) is 0 Å². The fraction of sp³-hybridized carbons (Fsp3) is 0.227. The van der Waals surface area contributed by atoms with Gasteiger partial charge in [-0.3, -0.25) is 9.36 Å². The van der Waals surface area contributed by atoms with Crippen LogP contribution in [0, 0.1) is 5.82 Å². The molecule has 1 atom stereocenters. The molecule has 3 aromatic rings. The Labute approximate surface area is 174 Å². The first-order valence-electron chi connectivity index (χ1n) is 9.37. The van der Waals surface area contributed by atoms with Crippen molar-refractivity contribution in [1.82, 2.24) is 20.1 Å². The minimum Gasteiger partial charge on any atom is -0.355 e. The van der Waals surface area contributed by atoms with E-state index < -0.39 is 0 Å². The molecule has 0 aliphatic rings. The number of hydrogen-bond donors (Lipinski definition) is 1. The molecule has 0 aliphatic carbocycles. The number of benzene rings is 2. The molecule has 0 bridgehead atoms. The van der Waals surface area contributed by atoms with Crippen molar-refractivity contribution in [2.24, 2.45) is 0 Å². The van der Waals surface area contributed by atoms with Gasteiger partial charge in [-0.1, -0.05) is 60.3 Å². The Kier molecular flexibility index (Phi) is 7.19. The molecule has 0 fully saturated rings. The quantitative estimate of drug-likeness (QED) is 0.426. The summed E-state index contributed by atoms with van der Waals surface area (Å²) in [6.07, 6.45) is 2.43. The molecule has 0 saturated carbocycles. The molecule has 1 heterocycles. The van der Waals surface area contributed by atoms with Gasteiger partial charge in [-0.15, -0.1) is 16.8 Å². The van der Waals surface area contributed by atoms with Crippen LogP contribution >= 0.6 is 11.8 Å². The van der Waals surface area contributed by atoms with Crippen molar-refractivity contribution in [3.05, 3.63) is 78.6 Å². The van der Waals surface area contributed by atoms with Gasteiger partial charge in [0.05, 0.1) is 5.25 Å². The first-order valence-corrected chi connectivity index (χ1v) is 10.2. The van der Waals surface area contributed by atoms with Gasteiger partial charge in [0.1, 0.15) is 5.82 Å². The summed E-state index contributed by atoms with van der Waals surface area (Å²) in [6, 6.07) is 16.1. The van der Waals surface area contributed by atoms with Gasteiger partial charge in [-0.05, 0) is 31.0 Å². The fourth-order valence-electron chi connectivity index (χ4n) is 2.81. The number of amides is 1. The Morgan fingerprint density at radius 1 is 1.21 bits per heavy atom. The van der Waals surface area contributed by atoms with E-state index >= 15 is 0 Å². The SMILES string of the molecule is C=CCn1c(S[C@H](C)C(=O)NCCc2ccc(F)cc2)nnc1-c1ccccc1. The number of nitrogens with zero attached hydrogens (tertiary/aromatic N) is 3. The average molecular weight is 411 g/mol. The molecule has 1 N–H and O–H groups in total. The molecule has 3 rings (SSSR count). The summed E-state index contributed by atoms with van der Waals surface area (Å²) >= 11 is 1.36. The molecule has 0 saturated heterocycles. The second kappa shape index (κ2) is 10.0. The average Bonchev–Trinajstić information content (AvgIpc) is 3.12. The maximum atomic E-state index is 13.0. The zero-order chi connectivity index (χ0) is 20.6. The van der Waals surface area contributed by atoms with Crippen LogP contribution in [0.1, 0.15) is 12.5 Å². The third-order valence-electron chi connectivity index (χ3n) is 4.34. The summed E-state index contributed by atoms with van der Waals surface area (Å²) < 4.78 is 14.9. The Bertz CT molecular complexity index is 957. The van der Waals surface area contributed by atoms with Crippen LogP contribution in [0.4, 0.5) is 4.39 Å². The number of carbonyl (C=O) groups is 1. The molecule has 1 amide bonds. The molecule has 0 unspecified atom stereocenters. The number of nitrogens with one attached hydrogen (secondary N) is 1. The van der Waals surface area contributed by atoms with Crippen molar-refractivity contribution < 1.29 is 9.18 Å². The Morgan fingerprint density at radius 3 is 2.62 bits per heavy atom. The highest BCUT2D eigenvalue weighted by molar-refractivity contribution is 8.00. The lowest BCUT2D eigenvalue weighted by Gasteiger charge is -2.13. The van der Waals surface area contributed by atoms with Crippen molar-refractivity contribution in [2.45, 2.75) is 30.3 Å². The van der Waals surface area contributed by atoms with Crippen molar-refractivity contribution in [1.29, 1.82) is 0 Å². The zero-order valence-corrected chi connectivity index (χ0v) is 17.0. The van der Waals surface area contributed by atoms with E-state index in [0.717, 1.165) is 17.0 Å². The minimum atomic E-state index is -0.334. The molecular weight excluding hydrogens is 387 g/mol. The van der Waals surface area contributed by atoms with Crippen LogP contribution in [-0.4, -0.2) is 32.5 Å². The molecular formula is C22H23FN4OS. The summed E-state index contributed by atoms with van der Waals surface area (Å²) in [6.45, 7) is 6.70. The molecule has 150 valence electrons. The summed E-state index contributed by atoms with van der Waals surface area (Å²) in [5, 5.41) is 11.9. The number of rotatable bonds is 9. The maximum absolute atomic E-state index is 13.0. The topological polar surface area (TPSA) is 59.8 Å². The molecule has 7 heteroatoms. The van der Waals surface area contributed by atoms with Crippen molar-refractivity contribution in [3.63, 3.8) is 0 Å². The van der Waals surface area contributed by atoms with Gasteiger partial charge < -0.3 is 5.32 Å². The lowest BCUT2D eigenvalue weighted by Crippen LogP contribution is -2.32. The number of hydrogen-bond acceptors (Lipinski definition) is 4. The first-order chi connectivity index (χ1) is 14.1. The second-order valence-electron chi connectivity index (χ2n) is 6.50. The van der Waals surface area contributed by atoms with Crippen molar-refractivity contribution >= 4 is 17.7 Å². The Hall–Kier alpha value is -2.93. The lowest BCUT2D eigenvalue weighted by molar-refractivity contribution is -0.120. The number of allylic oxidation sites excluding steroid dienone is 1. The smallest absolute Gasteiger partial charge is 0.233 e. The van der Waals surface area contributed by atoms with Crippen LogP contribution in [0.15, 0.2) is 72.4 Å². The molecule has 1 aromatic heterocycles. The fourth-order valence-corrected chi connectivity index (χ4v) is 3.69. The molecule has 0 spiro atoms. The van der Waals surface area contributed by atoms with Crippen LogP contribution in [-0.2, 0) is 17.8 Å². The summed E-state index contributed by atoms with van der Waals surface area (Å²) in [7, 11) is 0. The highest BCUT2D eigenvalue weighted by Crippen LogP contribution is 2.26. The van der Waals surface area contributed by atoms with E-state index in [1.165, 1.54) is 23.9 Å². The highest BCUT2D eigenvalue weighted by Gasteiger charge is 2.20. The highest BCUT2D eigenvalue weighted by atomic mass is 32.2. The van der Waals surface area contributed by atoms with E-state index in [9.17, 15) is 9.18 Å². The van der Waals surface area contributed by atoms with E-state index in [1.807, 2.05) is 41.8 Å². The Morgan fingerprint density at radius 2 is 1.93 bits per heavy atom. The van der Waals surface area contributed by atoms with E-state index in [1.54, 1.807) is 18.2 Å². The summed E-state index contributed by atoms with van der Waals surface area (Å²) in [5.41, 5.74) is 1.94. The monoisotopic (exact) mass is 410 g/mol. The van der Waals surface area contributed by atoms with E-state index in [4.69, 9.17) is 0 Å². The van der Waals surface area contributed by atoms with Gasteiger partial charge in [0.2, 0.25) is 5.91 Å². The van der Waals surface area contributed by atoms with Gasteiger partial charge in [0, 0.05) is 18.7 Å². The van der Waals surface area contributed by atoms with E-state index in [2.05, 4.69) is 22.1 Å². The second-order valence-corrected chi connectivity index (χ2v) is 7.81. The summed E-state index contributed by atoms with van der Waals surface area (Å²) in [4.78, 5) is 12.5. The van der Waals surface area contributed by atoms with Gasteiger partial charge in [0.15, 0.2) is 11.0 Å². The normalized spacial score (nSPS) is 11.8. The van der Waals surface area contributed by atoms with Crippen LogP contribution in [0.5, 0.6) is 0 Å². The largest absolute Gasteiger partial charge is 0.355 e. The molecule has 5 nitrogen and oxygen atoms in total. The van der Waals surface area contributed by atoms with Crippen molar-refractivity contribution in [3.8, 4) is 11.4 Å². The standard InChI is InChI=1S/C22H23FN4OS/c1-3-15-27-20(18-7-5-4-6-8-18)25-26-22(27)29-16(2)21(28)24-14-13-17-9-11-19(23)12-10-17/h3-12,16H,1,13-15H2,2H3,(H,24,28)/t16-/m1/s1. The maximum Gasteiger partial charge on any atom is 0.233 e. The third kappa shape index (κ3) is 5.54. The lowest BCUT2D eigenvalue weighted by atomic mass is 10.1. The van der Waals surface area contributed by atoms with Crippen LogP contribution < -0.4 is 5.32 Å². The molecule has 0 radical (unpaired) electrons. The molecule has 2 aromatic carbocycles. The number of thioether (sulfide) groups is 1. The van der Waals surface area contributed by atoms with Crippen molar-refractivity contribution in [2.75, 3.05) is 6.54 Å². The Balaban J connectivity index is 1.61. The number of aromatic nitrogens is 3. The van der Waals surface area contributed by atoms with Crippen LogP contribution in [0.2, 0.25) is 0 Å². The number of carbonyl (C=O) groups excluding carboxylic acids is 1. The van der Waals surface area contributed by atoms with Crippen LogP contribution in [0.3, 0.4) is 0 Å². The predicted molar refractivity (Wildman–Crippen MR) is 114 cm³/mol. The predicted octanol–water partition coefficient (Wildman–Crippen LogP) is 4.11.